The summed E-state index contributed by atoms with van der Waals surface area (Å²) in [5, 5.41) is 6.07. The lowest BCUT2D eigenvalue weighted by molar-refractivity contribution is -0.123. The van der Waals surface area contributed by atoms with Gasteiger partial charge in [0.2, 0.25) is 0 Å². The van der Waals surface area contributed by atoms with Gasteiger partial charge in [0.15, 0.2) is 6.61 Å². The Morgan fingerprint density at radius 3 is 2.61 bits per heavy atom. The Balaban J connectivity index is 1.40. The van der Waals surface area contributed by atoms with Gasteiger partial charge in [0, 0.05) is 28.0 Å². The molecule has 0 atom stereocenters. The van der Waals surface area contributed by atoms with Crippen molar-refractivity contribution in [3.8, 4) is 11.4 Å². The Hall–Kier alpha value is -3.93. The van der Waals surface area contributed by atoms with Crippen molar-refractivity contribution in [2.75, 3.05) is 6.61 Å². The highest BCUT2D eigenvalue weighted by Gasteiger charge is 2.10. The number of rotatable bonds is 6. The molecule has 0 unspecified atom stereocenters. The van der Waals surface area contributed by atoms with Crippen LogP contribution in [0, 0.1) is 19.7 Å². The number of amides is 1. The van der Waals surface area contributed by atoms with Gasteiger partial charge in [0.05, 0.1) is 6.21 Å². The Bertz CT molecular complexity index is 1250. The predicted molar refractivity (Wildman–Crippen MR) is 120 cm³/mol. The smallest absolute Gasteiger partial charge is 0.277 e. The number of nitrogens with zero attached hydrogens (tertiary/aromatic N) is 2. The highest BCUT2D eigenvalue weighted by Crippen LogP contribution is 2.25. The Morgan fingerprint density at radius 1 is 1.06 bits per heavy atom. The molecular weight excluding hydrogens is 393 g/mol. The van der Waals surface area contributed by atoms with E-state index in [-0.39, 0.29) is 18.3 Å². The maximum atomic E-state index is 13.2. The molecule has 6 heteroatoms. The molecule has 0 bridgehead atoms. The van der Waals surface area contributed by atoms with Crippen molar-refractivity contribution in [3.05, 3.63) is 95.6 Å². The first kappa shape index (κ1) is 20.3. The molecule has 1 amide bonds. The van der Waals surface area contributed by atoms with Crippen LogP contribution >= 0.6 is 0 Å². The fourth-order valence-electron chi connectivity index (χ4n) is 3.58. The van der Waals surface area contributed by atoms with Crippen LogP contribution in [0.25, 0.3) is 16.5 Å². The van der Waals surface area contributed by atoms with Crippen LogP contribution < -0.4 is 10.2 Å². The summed E-state index contributed by atoms with van der Waals surface area (Å²) in [6.07, 6.45) is 1.60. The molecule has 0 aliphatic heterocycles. The summed E-state index contributed by atoms with van der Waals surface area (Å²) in [5.74, 6) is 0.0260. The summed E-state index contributed by atoms with van der Waals surface area (Å²) in [4.78, 5) is 12.2. The number of aromatic nitrogens is 1. The number of hydrogen-bond donors (Lipinski definition) is 1. The van der Waals surface area contributed by atoms with Crippen molar-refractivity contribution < 1.29 is 13.9 Å². The van der Waals surface area contributed by atoms with Gasteiger partial charge in [-0.3, -0.25) is 4.79 Å². The fourth-order valence-corrected chi connectivity index (χ4v) is 3.58. The van der Waals surface area contributed by atoms with Crippen LogP contribution in [0.2, 0.25) is 0 Å². The number of hydrazone groups is 1. The predicted octanol–water partition coefficient (Wildman–Crippen LogP) is 4.92. The molecule has 0 fully saturated rings. The van der Waals surface area contributed by atoms with Crippen LogP contribution in [-0.4, -0.2) is 23.3 Å². The first-order valence-electron chi connectivity index (χ1n) is 9.90. The lowest BCUT2D eigenvalue weighted by atomic mass is 10.1. The summed E-state index contributed by atoms with van der Waals surface area (Å²) < 4.78 is 20.9. The second kappa shape index (κ2) is 8.83. The molecule has 1 heterocycles. The van der Waals surface area contributed by atoms with E-state index in [2.05, 4.69) is 10.5 Å². The van der Waals surface area contributed by atoms with Crippen LogP contribution in [0.3, 0.4) is 0 Å². The van der Waals surface area contributed by atoms with Crippen LogP contribution in [0.4, 0.5) is 4.39 Å². The number of fused-ring (bicyclic) bond motifs is 1. The van der Waals surface area contributed by atoms with Crippen molar-refractivity contribution in [2.45, 2.75) is 13.8 Å². The number of aryl methyl sites for hydroxylation is 1. The van der Waals surface area contributed by atoms with Crippen molar-refractivity contribution in [2.24, 2.45) is 5.10 Å². The van der Waals surface area contributed by atoms with E-state index in [1.807, 2.05) is 66.9 Å². The molecule has 4 aromatic rings. The van der Waals surface area contributed by atoms with Crippen LogP contribution in [0.5, 0.6) is 5.75 Å². The normalized spacial score (nSPS) is 11.2. The summed E-state index contributed by atoms with van der Waals surface area (Å²) in [6.45, 7) is 3.77. The molecule has 3 aromatic carbocycles. The molecule has 4 rings (SSSR count). The van der Waals surface area contributed by atoms with Gasteiger partial charge in [-0.25, -0.2) is 9.82 Å². The maximum Gasteiger partial charge on any atom is 0.277 e. The van der Waals surface area contributed by atoms with Gasteiger partial charge in [0.25, 0.3) is 5.91 Å². The fraction of sp³-hybridized carbons (Fsp3) is 0.120. The van der Waals surface area contributed by atoms with E-state index in [1.165, 1.54) is 12.1 Å². The Morgan fingerprint density at radius 2 is 1.81 bits per heavy atom. The van der Waals surface area contributed by atoms with E-state index >= 15 is 0 Å². The van der Waals surface area contributed by atoms with Crippen molar-refractivity contribution in [1.82, 2.24) is 9.99 Å². The Kier molecular flexibility index (Phi) is 5.80. The zero-order chi connectivity index (χ0) is 21.8. The molecule has 0 aliphatic carbocycles. The summed E-state index contributed by atoms with van der Waals surface area (Å²) in [6, 6.07) is 21.8. The second-order valence-corrected chi connectivity index (χ2v) is 7.20. The average Bonchev–Trinajstić information content (AvgIpc) is 3.06. The molecule has 0 spiro atoms. The minimum absolute atomic E-state index is 0.139. The van der Waals surface area contributed by atoms with Gasteiger partial charge in [-0.15, -0.1) is 0 Å². The molecular formula is C25H22FN3O2. The van der Waals surface area contributed by atoms with Crippen LogP contribution in [0.15, 0.2) is 77.9 Å². The van der Waals surface area contributed by atoms with E-state index in [9.17, 15) is 9.18 Å². The topological polar surface area (TPSA) is 55.6 Å². The van der Waals surface area contributed by atoms with Crippen molar-refractivity contribution in [3.63, 3.8) is 0 Å². The minimum Gasteiger partial charge on any atom is -0.483 e. The lowest BCUT2D eigenvalue weighted by Gasteiger charge is -2.09. The van der Waals surface area contributed by atoms with E-state index < -0.39 is 0 Å². The number of halogens is 1. The standard InChI is InChI=1S/C25H22FN3O2/c1-17-14-20(18(2)29(17)22-12-10-21(26)11-13-22)15-27-28-25(30)16-31-24-9-5-7-19-6-3-4-8-23(19)24/h3-15H,16H2,1-2H3,(H,28,30)/b27-15+. The number of benzene rings is 3. The van der Waals surface area contributed by atoms with Crippen LogP contribution in [0.1, 0.15) is 17.0 Å². The Labute approximate surface area is 179 Å². The number of hydrogen-bond acceptors (Lipinski definition) is 3. The van der Waals surface area contributed by atoms with Gasteiger partial charge in [-0.2, -0.15) is 5.10 Å². The molecule has 5 nitrogen and oxygen atoms in total. The zero-order valence-corrected chi connectivity index (χ0v) is 17.3. The van der Waals surface area contributed by atoms with E-state index in [0.29, 0.717) is 5.75 Å². The number of ether oxygens (including phenoxy) is 1. The van der Waals surface area contributed by atoms with Gasteiger partial charge < -0.3 is 9.30 Å². The quantitative estimate of drug-likeness (QED) is 0.359. The molecule has 0 radical (unpaired) electrons. The van der Waals surface area contributed by atoms with Crippen molar-refractivity contribution in [1.29, 1.82) is 0 Å². The number of nitrogens with one attached hydrogen (secondary N) is 1. The largest absolute Gasteiger partial charge is 0.483 e. The molecule has 0 aliphatic rings. The molecule has 1 N–H and O–H groups in total. The molecule has 0 saturated carbocycles. The number of carbonyl (C=O) groups excluding carboxylic acids is 1. The lowest BCUT2D eigenvalue weighted by Crippen LogP contribution is -2.24. The third-order valence-electron chi connectivity index (χ3n) is 5.06. The van der Waals surface area contributed by atoms with E-state index in [0.717, 1.165) is 33.4 Å². The number of carbonyl (C=O) groups is 1. The van der Waals surface area contributed by atoms with Gasteiger partial charge in [-0.05, 0) is 55.6 Å². The van der Waals surface area contributed by atoms with Gasteiger partial charge in [0.1, 0.15) is 11.6 Å². The third kappa shape index (κ3) is 4.48. The second-order valence-electron chi connectivity index (χ2n) is 7.20. The zero-order valence-electron chi connectivity index (χ0n) is 17.3. The SMILES string of the molecule is Cc1cc(/C=N/NC(=O)COc2cccc3ccccc23)c(C)n1-c1ccc(F)cc1. The molecule has 31 heavy (non-hydrogen) atoms. The first-order chi connectivity index (χ1) is 15.0. The first-order valence-corrected chi connectivity index (χ1v) is 9.90. The van der Waals surface area contributed by atoms with Crippen LogP contribution in [-0.2, 0) is 4.79 Å². The molecule has 156 valence electrons. The molecule has 0 saturated heterocycles. The third-order valence-corrected chi connectivity index (χ3v) is 5.06. The minimum atomic E-state index is -0.350. The van der Waals surface area contributed by atoms with E-state index in [1.54, 1.807) is 18.3 Å². The monoisotopic (exact) mass is 415 g/mol. The highest BCUT2D eigenvalue weighted by atomic mass is 19.1. The summed E-state index contributed by atoms with van der Waals surface area (Å²) in [7, 11) is 0. The van der Waals surface area contributed by atoms with Gasteiger partial charge in [-0.1, -0.05) is 36.4 Å². The summed E-state index contributed by atoms with van der Waals surface area (Å²) >= 11 is 0. The molecule has 1 aromatic heterocycles. The maximum absolute atomic E-state index is 13.2. The van der Waals surface area contributed by atoms with Crippen molar-refractivity contribution >= 4 is 22.9 Å². The van der Waals surface area contributed by atoms with Gasteiger partial charge >= 0.3 is 0 Å². The van der Waals surface area contributed by atoms with E-state index in [4.69, 9.17) is 4.74 Å². The highest BCUT2D eigenvalue weighted by molar-refractivity contribution is 5.89. The average molecular weight is 415 g/mol. The summed E-state index contributed by atoms with van der Waals surface area (Å²) in [5.41, 5.74) is 6.14.